The third-order valence-electron chi connectivity index (χ3n) is 5.90. The number of alkyl halides is 3. The van der Waals surface area contributed by atoms with Crippen molar-refractivity contribution >= 4 is 16.6 Å². The van der Waals surface area contributed by atoms with Crippen molar-refractivity contribution in [2.75, 3.05) is 19.6 Å². The molecule has 164 valence electrons. The number of halogens is 3. The molecule has 4 rings (SSSR count). The Bertz CT molecular complexity index is 1070. The standard InChI is InChI=1S/C22H24F3N5O/c1-29-20(14-27-28-29)16-2-3-17-13-26-19(11-18(17)10-16)12-21(31)15-4-7-30(8-5-15)9-6-22(23,24)25/h2-3,10-11,13-15H,4-9,12H2,1H3. The average molecular weight is 431 g/mol. The maximum absolute atomic E-state index is 12.8. The molecule has 3 aromatic rings. The van der Waals surface area contributed by atoms with Crippen LogP contribution in [0.3, 0.4) is 0 Å². The lowest BCUT2D eigenvalue weighted by molar-refractivity contribution is -0.139. The van der Waals surface area contributed by atoms with E-state index in [1.54, 1.807) is 22.0 Å². The first kappa shape index (κ1) is 21.4. The van der Waals surface area contributed by atoms with Gasteiger partial charge in [-0.05, 0) is 43.5 Å². The van der Waals surface area contributed by atoms with Gasteiger partial charge in [0.25, 0.3) is 0 Å². The molecule has 0 N–H and O–H groups in total. The number of fused-ring (bicyclic) bond motifs is 1. The monoisotopic (exact) mass is 431 g/mol. The van der Waals surface area contributed by atoms with Crippen molar-refractivity contribution in [3.8, 4) is 11.3 Å². The summed E-state index contributed by atoms with van der Waals surface area (Å²) in [6, 6.07) is 7.93. The summed E-state index contributed by atoms with van der Waals surface area (Å²) >= 11 is 0. The molecule has 0 radical (unpaired) electrons. The molecule has 0 atom stereocenters. The summed E-state index contributed by atoms with van der Waals surface area (Å²) in [5, 5.41) is 9.84. The quantitative estimate of drug-likeness (QED) is 0.594. The van der Waals surface area contributed by atoms with Crippen LogP contribution in [0.1, 0.15) is 25.0 Å². The van der Waals surface area contributed by atoms with Gasteiger partial charge in [0, 0.05) is 48.8 Å². The molecule has 1 aliphatic rings. The molecule has 0 aliphatic carbocycles. The van der Waals surface area contributed by atoms with Gasteiger partial charge in [-0.3, -0.25) is 9.78 Å². The van der Waals surface area contributed by atoms with E-state index in [1.807, 2.05) is 31.3 Å². The lowest BCUT2D eigenvalue weighted by Gasteiger charge is -2.31. The molecule has 0 amide bonds. The Kier molecular flexibility index (Phi) is 6.04. The van der Waals surface area contributed by atoms with E-state index in [4.69, 9.17) is 0 Å². The van der Waals surface area contributed by atoms with Gasteiger partial charge in [0.2, 0.25) is 0 Å². The number of carbonyl (C=O) groups is 1. The number of ketones is 1. The Balaban J connectivity index is 1.39. The van der Waals surface area contributed by atoms with Crippen molar-refractivity contribution in [3.63, 3.8) is 0 Å². The molecule has 0 saturated carbocycles. The molecule has 1 saturated heterocycles. The minimum absolute atomic E-state index is 0.00512. The van der Waals surface area contributed by atoms with Crippen LogP contribution in [0.5, 0.6) is 0 Å². The molecule has 0 spiro atoms. The number of pyridine rings is 1. The third kappa shape index (κ3) is 5.28. The number of nitrogens with zero attached hydrogens (tertiary/aromatic N) is 5. The number of likely N-dealkylation sites (tertiary alicyclic amines) is 1. The summed E-state index contributed by atoms with van der Waals surface area (Å²) < 4.78 is 38.9. The number of piperidine rings is 1. The van der Waals surface area contributed by atoms with Gasteiger partial charge in [-0.1, -0.05) is 17.3 Å². The lowest BCUT2D eigenvalue weighted by atomic mass is 9.90. The molecule has 31 heavy (non-hydrogen) atoms. The van der Waals surface area contributed by atoms with Gasteiger partial charge in [-0.15, -0.1) is 5.10 Å². The molecule has 0 bridgehead atoms. The van der Waals surface area contributed by atoms with Crippen LogP contribution in [0, 0.1) is 5.92 Å². The second-order valence-corrected chi connectivity index (χ2v) is 8.10. The number of Topliss-reactive ketones (excluding diaryl/α,β-unsaturated/α-hetero) is 1. The molecular weight excluding hydrogens is 407 g/mol. The highest BCUT2D eigenvalue weighted by atomic mass is 19.4. The maximum atomic E-state index is 12.8. The van der Waals surface area contributed by atoms with Crippen molar-refractivity contribution in [2.45, 2.75) is 31.9 Å². The largest absolute Gasteiger partial charge is 0.390 e. The predicted molar refractivity (Wildman–Crippen MR) is 110 cm³/mol. The van der Waals surface area contributed by atoms with Gasteiger partial charge in [0.05, 0.1) is 18.3 Å². The summed E-state index contributed by atoms with van der Waals surface area (Å²) in [4.78, 5) is 19.0. The van der Waals surface area contributed by atoms with Crippen molar-refractivity contribution in [2.24, 2.45) is 13.0 Å². The Morgan fingerprint density at radius 3 is 2.58 bits per heavy atom. The summed E-state index contributed by atoms with van der Waals surface area (Å²) in [5.74, 6) is -0.0132. The third-order valence-corrected chi connectivity index (χ3v) is 5.90. The number of carbonyl (C=O) groups excluding carboxylic acids is 1. The fourth-order valence-corrected chi connectivity index (χ4v) is 4.08. The van der Waals surface area contributed by atoms with Crippen LogP contribution >= 0.6 is 0 Å². The van der Waals surface area contributed by atoms with Crippen LogP contribution in [-0.4, -0.2) is 56.5 Å². The summed E-state index contributed by atoms with van der Waals surface area (Å²) in [6.45, 7) is 1.06. The van der Waals surface area contributed by atoms with E-state index in [1.165, 1.54) is 0 Å². The Morgan fingerprint density at radius 2 is 1.90 bits per heavy atom. The molecule has 0 unspecified atom stereocenters. The van der Waals surface area contributed by atoms with E-state index in [9.17, 15) is 18.0 Å². The van der Waals surface area contributed by atoms with Crippen LogP contribution in [-0.2, 0) is 18.3 Å². The Labute approximate surface area is 178 Å². The molecule has 2 aromatic heterocycles. The van der Waals surface area contributed by atoms with Gasteiger partial charge < -0.3 is 4.90 Å². The highest BCUT2D eigenvalue weighted by molar-refractivity contribution is 5.88. The number of rotatable bonds is 6. The zero-order valence-electron chi connectivity index (χ0n) is 17.3. The molecule has 6 nitrogen and oxygen atoms in total. The molecule has 1 fully saturated rings. The van der Waals surface area contributed by atoms with Crippen LogP contribution in [0.15, 0.2) is 36.7 Å². The Hall–Kier alpha value is -2.81. The zero-order chi connectivity index (χ0) is 22.0. The van der Waals surface area contributed by atoms with E-state index in [0.29, 0.717) is 31.6 Å². The fraction of sp³-hybridized carbons (Fsp3) is 0.455. The fourth-order valence-electron chi connectivity index (χ4n) is 4.08. The normalized spacial score (nSPS) is 16.1. The van der Waals surface area contributed by atoms with Crippen LogP contribution in [0.4, 0.5) is 13.2 Å². The topological polar surface area (TPSA) is 63.9 Å². The maximum Gasteiger partial charge on any atom is 0.390 e. The molecule has 9 heteroatoms. The van der Waals surface area contributed by atoms with Gasteiger partial charge >= 0.3 is 6.18 Å². The van der Waals surface area contributed by atoms with Crippen molar-refractivity contribution in [3.05, 3.63) is 42.4 Å². The van der Waals surface area contributed by atoms with Crippen molar-refractivity contribution < 1.29 is 18.0 Å². The van der Waals surface area contributed by atoms with Gasteiger partial charge in [0.1, 0.15) is 5.78 Å². The first-order valence-electron chi connectivity index (χ1n) is 10.3. The zero-order valence-corrected chi connectivity index (χ0v) is 17.3. The SMILES string of the molecule is Cn1nncc1-c1ccc2cnc(CC(=O)C3CCN(CCC(F)(F)F)CC3)cc2c1. The van der Waals surface area contributed by atoms with E-state index >= 15 is 0 Å². The number of benzene rings is 1. The van der Waals surface area contributed by atoms with Crippen molar-refractivity contribution in [1.29, 1.82) is 0 Å². The van der Waals surface area contributed by atoms with E-state index in [0.717, 1.165) is 22.0 Å². The predicted octanol–water partition coefficient (Wildman–Crippen LogP) is 3.81. The van der Waals surface area contributed by atoms with E-state index < -0.39 is 12.6 Å². The van der Waals surface area contributed by atoms with Gasteiger partial charge in [-0.25, -0.2) is 4.68 Å². The van der Waals surface area contributed by atoms with Crippen LogP contribution in [0.2, 0.25) is 0 Å². The minimum atomic E-state index is -4.14. The van der Waals surface area contributed by atoms with Crippen molar-refractivity contribution in [1.82, 2.24) is 24.9 Å². The first-order valence-corrected chi connectivity index (χ1v) is 10.3. The smallest absolute Gasteiger partial charge is 0.303 e. The number of aromatic nitrogens is 4. The second-order valence-electron chi connectivity index (χ2n) is 8.10. The highest BCUT2D eigenvalue weighted by Crippen LogP contribution is 2.26. The van der Waals surface area contributed by atoms with Gasteiger partial charge in [-0.2, -0.15) is 13.2 Å². The van der Waals surface area contributed by atoms with Crippen LogP contribution in [0.25, 0.3) is 22.0 Å². The summed E-state index contributed by atoms with van der Waals surface area (Å²) in [5.41, 5.74) is 2.58. The number of hydrogen-bond donors (Lipinski definition) is 0. The molecule has 3 heterocycles. The number of hydrogen-bond acceptors (Lipinski definition) is 5. The molecular formula is C22H24F3N5O. The van der Waals surface area contributed by atoms with E-state index in [-0.39, 0.29) is 24.7 Å². The van der Waals surface area contributed by atoms with Crippen LogP contribution < -0.4 is 0 Å². The average Bonchev–Trinajstić information content (AvgIpc) is 3.17. The highest BCUT2D eigenvalue weighted by Gasteiger charge is 2.30. The number of aryl methyl sites for hydroxylation is 1. The summed E-state index contributed by atoms with van der Waals surface area (Å²) in [6.07, 6.45) is -0.0354. The molecule has 1 aliphatic heterocycles. The first-order chi connectivity index (χ1) is 14.8. The molecule has 1 aromatic carbocycles. The minimum Gasteiger partial charge on any atom is -0.303 e. The van der Waals surface area contributed by atoms with Gasteiger partial charge in [0.15, 0.2) is 0 Å². The summed E-state index contributed by atoms with van der Waals surface area (Å²) in [7, 11) is 1.83. The Morgan fingerprint density at radius 1 is 1.13 bits per heavy atom. The van der Waals surface area contributed by atoms with E-state index in [2.05, 4.69) is 15.3 Å². The lowest BCUT2D eigenvalue weighted by Crippen LogP contribution is -2.38. The second kappa shape index (κ2) is 8.74.